The predicted molar refractivity (Wildman–Crippen MR) is 86.9 cm³/mol. The lowest BCUT2D eigenvalue weighted by atomic mass is 9.73. The summed E-state index contributed by atoms with van der Waals surface area (Å²) in [6.45, 7) is 8.27. The zero-order chi connectivity index (χ0) is 15.9. The minimum atomic E-state index is 0.0450. The van der Waals surface area contributed by atoms with Gasteiger partial charge in [0.2, 0.25) is 0 Å². The van der Waals surface area contributed by atoms with Crippen LogP contribution in [-0.4, -0.2) is 23.0 Å². The van der Waals surface area contributed by atoms with Crippen molar-refractivity contribution in [3.63, 3.8) is 0 Å². The second-order valence-corrected chi connectivity index (χ2v) is 6.51. The van der Waals surface area contributed by atoms with Crippen molar-refractivity contribution in [3.8, 4) is 11.5 Å². The number of phenols is 1. The van der Waals surface area contributed by atoms with Gasteiger partial charge in [0.25, 0.3) is 0 Å². The molecule has 1 aliphatic heterocycles. The third-order valence-corrected chi connectivity index (χ3v) is 5.18. The number of aromatic hydroxyl groups is 1. The molecule has 0 saturated heterocycles. The first-order valence-corrected chi connectivity index (χ1v) is 8.20. The van der Waals surface area contributed by atoms with Gasteiger partial charge in [0.1, 0.15) is 23.7 Å². The van der Waals surface area contributed by atoms with E-state index in [9.17, 15) is 5.11 Å². The second kappa shape index (κ2) is 5.49. The quantitative estimate of drug-likeness (QED) is 0.678. The minimum Gasteiger partial charge on any atom is -0.507 e. The molecule has 1 fully saturated rings. The van der Waals surface area contributed by atoms with Gasteiger partial charge >= 0.3 is 0 Å². The summed E-state index contributed by atoms with van der Waals surface area (Å²) in [6, 6.07) is 0. The number of nitrogens with zero attached hydrogens (tertiary/aromatic N) is 1. The van der Waals surface area contributed by atoms with E-state index in [0.29, 0.717) is 18.1 Å². The predicted octanol–water partition coefficient (Wildman–Crippen LogP) is 4.02. The maximum atomic E-state index is 10.6. The van der Waals surface area contributed by atoms with Gasteiger partial charge in [0, 0.05) is 11.1 Å². The lowest BCUT2D eigenvalue weighted by molar-refractivity contribution is -0.0257. The number of ether oxygens (including phenoxy) is 1. The van der Waals surface area contributed by atoms with Gasteiger partial charge in [-0.25, -0.2) is 0 Å². The van der Waals surface area contributed by atoms with Crippen LogP contribution in [0.5, 0.6) is 11.5 Å². The summed E-state index contributed by atoms with van der Waals surface area (Å²) in [5, 5.41) is 14.7. The molecule has 1 aliphatic carbocycles. The Morgan fingerprint density at radius 1 is 1.27 bits per heavy atom. The summed E-state index contributed by atoms with van der Waals surface area (Å²) in [5.74, 6) is 1.27. The van der Waals surface area contributed by atoms with Crippen molar-refractivity contribution in [1.82, 2.24) is 0 Å². The third-order valence-electron chi connectivity index (χ3n) is 5.18. The smallest absolute Gasteiger partial charge is 0.128 e. The van der Waals surface area contributed by atoms with E-state index in [2.05, 4.69) is 5.16 Å². The van der Waals surface area contributed by atoms with Crippen LogP contribution in [0.2, 0.25) is 0 Å². The van der Waals surface area contributed by atoms with Crippen LogP contribution in [0.1, 0.15) is 61.8 Å². The zero-order valence-corrected chi connectivity index (χ0v) is 14.0. The van der Waals surface area contributed by atoms with Crippen LogP contribution >= 0.6 is 0 Å². The summed E-state index contributed by atoms with van der Waals surface area (Å²) in [5.41, 5.74) is 4.55. The Kier molecular flexibility index (Phi) is 3.79. The molecule has 1 spiro atoms. The molecule has 3 rings (SSSR count). The molecule has 0 radical (unpaired) electrons. The summed E-state index contributed by atoms with van der Waals surface area (Å²) in [4.78, 5) is 5.18. The number of phenolic OH excluding ortho intramolecular Hbond substituents is 1. The van der Waals surface area contributed by atoms with Crippen molar-refractivity contribution in [3.05, 3.63) is 22.3 Å². The normalized spacial score (nSPS) is 19.4. The fraction of sp³-hybridized carbons (Fsp3) is 0.611. The van der Waals surface area contributed by atoms with Gasteiger partial charge in [-0.3, -0.25) is 0 Å². The van der Waals surface area contributed by atoms with E-state index in [0.717, 1.165) is 53.7 Å². The molecule has 22 heavy (non-hydrogen) atoms. The van der Waals surface area contributed by atoms with Crippen molar-refractivity contribution in [1.29, 1.82) is 0 Å². The van der Waals surface area contributed by atoms with E-state index in [1.807, 2.05) is 27.7 Å². The van der Waals surface area contributed by atoms with Crippen molar-refractivity contribution >= 4 is 5.71 Å². The summed E-state index contributed by atoms with van der Waals surface area (Å²) in [7, 11) is 0. The van der Waals surface area contributed by atoms with Crippen molar-refractivity contribution < 1.29 is 14.7 Å². The van der Waals surface area contributed by atoms with E-state index < -0.39 is 0 Å². The molecule has 4 nitrogen and oxygen atoms in total. The second-order valence-electron chi connectivity index (χ2n) is 6.51. The van der Waals surface area contributed by atoms with E-state index >= 15 is 0 Å². The Morgan fingerprint density at radius 3 is 2.59 bits per heavy atom. The van der Waals surface area contributed by atoms with E-state index in [4.69, 9.17) is 9.57 Å². The summed E-state index contributed by atoms with van der Waals surface area (Å²) in [6.07, 6.45) is 5.50. The molecular weight excluding hydrogens is 278 g/mol. The number of rotatable bonds is 3. The maximum absolute atomic E-state index is 10.6. The van der Waals surface area contributed by atoms with Gasteiger partial charge in [-0.05, 0) is 70.9 Å². The monoisotopic (exact) mass is 303 g/mol. The summed E-state index contributed by atoms with van der Waals surface area (Å²) >= 11 is 0. The Hall–Kier alpha value is -1.71. The van der Waals surface area contributed by atoms with Crippen molar-refractivity contribution in [2.75, 3.05) is 6.61 Å². The molecule has 1 heterocycles. The number of hydrogen-bond donors (Lipinski definition) is 1. The van der Waals surface area contributed by atoms with Gasteiger partial charge in [0.05, 0.1) is 5.71 Å². The fourth-order valence-electron chi connectivity index (χ4n) is 3.54. The molecule has 120 valence electrons. The third kappa shape index (κ3) is 2.25. The van der Waals surface area contributed by atoms with Crippen LogP contribution in [0.15, 0.2) is 5.16 Å². The molecule has 4 heteroatoms. The highest BCUT2D eigenvalue weighted by atomic mass is 16.6. The topological polar surface area (TPSA) is 51.0 Å². The molecule has 1 N–H and O–H groups in total. The van der Waals surface area contributed by atoms with Crippen molar-refractivity contribution in [2.45, 2.75) is 65.4 Å². The van der Waals surface area contributed by atoms with Crippen LogP contribution in [0.25, 0.3) is 0 Å². The number of fused-ring (bicyclic) bond motifs is 1. The van der Waals surface area contributed by atoms with Crippen molar-refractivity contribution in [2.24, 2.45) is 5.16 Å². The lowest BCUT2D eigenvalue weighted by Gasteiger charge is -2.46. The first kappa shape index (κ1) is 15.2. The SMILES string of the molecule is CCO/N=C(\C)c1c(O)c(C)c(C)c2c1CCC1(CCC1)O2. The first-order chi connectivity index (χ1) is 10.5. The number of oxime groups is 1. The summed E-state index contributed by atoms with van der Waals surface area (Å²) < 4.78 is 6.41. The zero-order valence-electron chi connectivity index (χ0n) is 14.0. The molecule has 0 aromatic heterocycles. The molecule has 0 unspecified atom stereocenters. The molecule has 0 atom stereocenters. The van der Waals surface area contributed by atoms with Gasteiger partial charge in [-0.1, -0.05) is 5.16 Å². The maximum Gasteiger partial charge on any atom is 0.128 e. The van der Waals surface area contributed by atoms with Crippen LogP contribution in [-0.2, 0) is 11.3 Å². The van der Waals surface area contributed by atoms with Crippen LogP contribution in [0.4, 0.5) is 0 Å². The fourth-order valence-corrected chi connectivity index (χ4v) is 3.54. The molecule has 1 aromatic rings. The largest absolute Gasteiger partial charge is 0.507 e. The standard InChI is InChI=1S/C18H25NO3/c1-5-21-19-13(4)15-14-7-10-18(8-6-9-18)22-17(14)12(3)11(2)16(15)20/h20H,5-10H2,1-4H3/b19-13+. The molecule has 0 bridgehead atoms. The van der Waals surface area contributed by atoms with Gasteiger partial charge < -0.3 is 14.7 Å². The molecular formula is C18H25NO3. The van der Waals surface area contributed by atoms with E-state index in [-0.39, 0.29) is 5.60 Å². The Labute approximate surface area is 132 Å². The molecule has 1 aromatic carbocycles. The number of hydrogen-bond acceptors (Lipinski definition) is 4. The average Bonchev–Trinajstić information content (AvgIpc) is 2.49. The Morgan fingerprint density at radius 2 is 2.00 bits per heavy atom. The van der Waals surface area contributed by atoms with Gasteiger partial charge in [-0.2, -0.15) is 0 Å². The number of benzene rings is 1. The Balaban J connectivity index is 2.11. The van der Waals surface area contributed by atoms with E-state index in [1.54, 1.807) is 0 Å². The first-order valence-electron chi connectivity index (χ1n) is 8.20. The van der Waals surface area contributed by atoms with Crippen LogP contribution in [0, 0.1) is 13.8 Å². The van der Waals surface area contributed by atoms with Crippen LogP contribution < -0.4 is 4.74 Å². The Bertz CT molecular complexity index is 630. The lowest BCUT2D eigenvalue weighted by Crippen LogP contribution is -2.46. The minimum absolute atomic E-state index is 0.0450. The van der Waals surface area contributed by atoms with Gasteiger partial charge in [0.15, 0.2) is 0 Å². The highest BCUT2D eigenvalue weighted by Crippen LogP contribution is 2.49. The molecule has 0 amide bonds. The average molecular weight is 303 g/mol. The van der Waals surface area contributed by atoms with E-state index in [1.165, 1.54) is 6.42 Å². The van der Waals surface area contributed by atoms with Crippen LogP contribution in [0.3, 0.4) is 0 Å². The highest BCUT2D eigenvalue weighted by Gasteiger charge is 2.43. The van der Waals surface area contributed by atoms with Gasteiger partial charge in [-0.15, -0.1) is 0 Å². The molecule has 2 aliphatic rings. The highest BCUT2D eigenvalue weighted by molar-refractivity contribution is 6.03. The molecule has 1 saturated carbocycles.